The minimum atomic E-state index is -0.180. The number of rotatable bonds is 11. The maximum Gasteiger partial charge on any atom is 0.251 e. The fraction of sp³-hybridized carbons (Fsp3) is 0.462. The van der Waals surface area contributed by atoms with E-state index in [9.17, 15) is 4.79 Å². The van der Waals surface area contributed by atoms with Gasteiger partial charge < -0.3 is 14.6 Å². The van der Waals surface area contributed by atoms with Crippen LogP contribution in [-0.4, -0.2) is 28.3 Å². The molecular weight excluding hydrogens is 418 g/mol. The number of benzene rings is 2. The van der Waals surface area contributed by atoms with E-state index in [1.807, 2.05) is 23.9 Å². The molecule has 1 N–H and O–H groups in total. The number of ether oxygens (including phenoxy) is 1. The minimum Gasteiger partial charge on any atom is -0.497 e. The summed E-state index contributed by atoms with van der Waals surface area (Å²) in [5, 5.41) is 3.24. The van der Waals surface area contributed by atoms with Crippen LogP contribution in [0.15, 0.2) is 47.4 Å². The third kappa shape index (κ3) is 5.66. The van der Waals surface area contributed by atoms with Crippen LogP contribution < -0.4 is 10.1 Å². The molecule has 172 valence electrons. The molecular formula is C26H35N3O2S. The van der Waals surface area contributed by atoms with Crippen LogP contribution in [0.2, 0.25) is 0 Å². The van der Waals surface area contributed by atoms with Crippen LogP contribution >= 0.6 is 11.8 Å². The lowest BCUT2D eigenvalue weighted by atomic mass is 10.0. The van der Waals surface area contributed by atoms with Gasteiger partial charge in [-0.3, -0.25) is 4.79 Å². The summed E-state index contributed by atoms with van der Waals surface area (Å²) in [6.45, 7) is 9.55. The Kier molecular flexibility index (Phi) is 8.62. The highest BCUT2D eigenvalue weighted by Crippen LogP contribution is 2.30. The molecule has 0 spiro atoms. The van der Waals surface area contributed by atoms with Gasteiger partial charge in [0.05, 0.1) is 24.2 Å². The van der Waals surface area contributed by atoms with E-state index >= 15 is 0 Å². The molecule has 0 radical (unpaired) electrons. The fourth-order valence-electron chi connectivity index (χ4n) is 3.72. The molecule has 1 amide bonds. The molecule has 3 aromatic rings. The lowest BCUT2D eigenvalue weighted by Gasteiger charge is -2.23. The van der Waals surface area contributed by atoms with Crippen molar-refractivity contribution in [3.05, 3.63) is 53.9 Å². The van der Waals surface area contributed by atoms with E-state index in [0.717, 1.165) is 54.2 Å². The summed E-state index contributed by atoms with van der Waals surface area (Å²) in [5.74, 6) is 2.87. The molecule has 1 atom stereocenters. The molecule has 0 aliphatic heterocycles. The van der Waals surface area contributed by atoms with Gasteiger partial charge in [0.15, 0.2) is 0 Å². The van der Waals surface area contributed by atoms with Gasteiger partial charge in [-0.25, -0.2) is 4.98 Å². The standard InChI is InChI=1S/C26H35N3O2S/c1-6-8-15-29-23-14-13-21(32-16-7-2)17-22(23)27-25(29)24(18(3)4)28-26(30)19-9-11-20(31-5)12-10-19/h9-14,17-18,24H,6-8,15-16H2,1-5H3,(H,28,30). The van der Waals surface area contributed by atoms with Crippen LogP contribution in [0.1, 0.15) is 69.2 Å². The number of methoxy groups -OCH3 is 1. The Bertz CT molecular complexity index is 1030. The van der Waals surface area contributed by atoms with E-state index in [-0.39, 0.29) is 17.9 Å². The Hall–Kier alpha value is -2.47. The number of fused-ring (bicyclic) bond motifs is 1. The van der Waals surface area contributed by atoms with Gasteiger partial charge in [-0.05, 0) is 67.0 Å². The van der Waals surface area contributed by atoms with Crippen LogP contribution in [0.4, 0.5) is 0 Å². The molecule has 0 bridgehead atoms. The first-order valence-corrected chi connectivity index (χ1v) is 12.5. The molecule has 1 heterocycles. The van der Waals surface area contributed by atoms with Crippen molar-refractivity contribution in [2.45, 2.75) is 64.4 Å². The SMILES string of the molecule is CCCCn1c(C(NC(=O)c2ccc(OC)cc2)C(C)C)nc2cc(SCCC)ccc21. The topological polar surface area (TPSA) is 56.2 Å². The van der Waals surface area contributed by atoms with Crippen molar-refractivity contribution >= 4 is 28.7 Å². The second-order valence-electron chi connectivity index (χ2n) is 8.40. The highest BCUT2D eigenvalue weighted by atomic mass is 32.2. The lowest BCUT2D eigenvalue weighted by molar-refractivity contribution is 0.0922. The molecule has 0 aliphatic rings. The summed E-state index contributed by atoms with van der Waals surface area (Å²) in [5.41, 5.74) is 2.76. The van der Waals surface area contributed by atoms with Crippen LogP contribution in [0, 0.1) is 5.92 Å². The van der Waals surface area contributed by atoms with Gasteiger partial charge in [-0.2, -0.15) is 0 Å². The Labute approximate surface area is 196 Å². The van der Waals surface area contributed by atoms with E-state index in [4.69, 9.17) is 9.72 Å². The molecule has 0 saturated heterocycles. The van der Waals surface area contributed by atoms with Crippen molar-refractivity contribution in [1.29, 1.82) is 0 Å². The van der Waals surface area contributed by atoms with Crippen LogP contribution in [-0.2, 0) is 6.54 Å². The van der Waals surface area contributed by atoms with Gasteiger partial charge >= 0.3 is 0 Å². The smallest absolute Gasteiger partial charge is 0.251 e. The normalized spacial score (nSPS) is 12.3. The first kappa shape index (κ1) is 24.2. The number of nitrogens with zero attached hydrogens (tertiary/aromatic N) is 2. The minimum absolute atomic E-state index is 0.0976. The predicted molar refractivity (Wildman–Crippen MR) is 134 cm³/mol. The van der Waals surface area contributed by atoms with E-state index in [0.29, 0.717) is 5.56 Å². The summed E-state index contributed by atoms with van der Waals surface area (Å²) >= 11 is 1.86. The average molecular weight is 454 g/mol. The number of carbonyl (C=O) groups is 1. The molecule has 2 aromatic carbocycles. The Morgan fingerprint density at radius 2 is 1.88 bits per heavy atom. The Morgan fingerprint density at radius 3 is 2.50 bits per heavy atom. The number of unbranched alkanes of at least 4 members (excludes halogenated alkanes) is 1. The molecule has 5 nitrogen and oxygen atoms in total. The van der Waals surface area contributed by atoms with Crippen molar-refractivity contribution in [3.8, 4) is 5.75 Å². The van der Waals surface area contributed by atoms with Gasteiger partial charge in [0.2, 0.25) is 0 Å². The van der Waals surface area contributed by atoms with E-state index in [1.54, 1.807) is 19.2 Å². The maximum atomic E-state index is 13.1. The molecule has 1 aromatic heterocycles. The summed E-state index contributed by atoms with van der Waals surface area (Å²) in [6.07, 6.45) is 3.32. The number of thioether (sulfide) groups is 1. The van der Waals surface area contributed by atoms with E-state index < -0.39 is 0 Å². The molecule has 0 aliphatic carbocycles. The molecule has 3 rings (SSSR count). The lowest BCUT2D eigenvalue weighted by Crippen LogP contribution is -2.33. The quantitative estimate of drug-likeness (QED) is 0.338. The van der Waals surface area contributed by atoms with Crippen molar-refractivity contribution in [2.24, 2.45) is 5.92 Å². The number of hydrogen-bond acceptors (Lipinski definition) is 4. The highest BCUT2D eigenvalue weighted by Gasteiger charge is 2.25. The number of amides is 1. The number of imidazole rings is 1. The van der Waals surface area contributed by atoms with E-state index in [2.05, 4.69) is 55.8 Å². The Balaban J connectivity index is 1.96. The van der Waals surface area contributed by atoms with Gasteiger partial charge in [0.1, 0.15) is 11.6 Å². The summed E-state index contributed by atoms with van der Waals surface area (Å²) < 4.78 is 7.51. The van der Waals surface area contributed by atoms with Crippen molar-refractivity contribution in [1.82, 2.24) is 14.9 Å². The van der Waals surface area contributed by atoms with Gasteiger partial charge in [-0.15, -0.1) is 11.8 Å². The fourth-order valence-corrected chi connectivity index (χ4v) is 4.52. The number of aryl methyl sites for hydroxylation is 1. The number of carbonyl (C=O) groups excluding carboxylic acids is 1. The molecule has 0 saturated carbocycles. The second kappa shape index (κ2) is 11.4. The van der Waals surface area contributed by atoms with Crippen molar-refractivity contribution in [3.63, 3.8) is 0 Å². The number of nitrogens with one attached hydrogen (secondary N) is 1. The predicted octanol–water partition coefficient (Wildman–Crippen LogP) is 6.47. The van der Waals surface area contributed by atoms with Gasteiger partial charge in [0.25, 0.3) is 5.91 Å². The van der Waals surface area contributed by atoms with Crippen molar-refractivity contribution in [2.75, 3.05) is 12.9 Å². The zero-order chi connectivity index (χ0) is 23.1. The average Bonchev–Trinajstić information content (AvgIpc) is 3.16. The third-order valence-corrected chi connectivity index (χ3v) is 6.74. The van der Waals surface area contributed by atoms with E-state index in [1.165, 1.54) is 4.90 Å². The number of hydrogen-bond donors (Lipinski definition) is 1. The van der Waals surface area contributed by atoms with Crippen molar-refractivity contribution < 1.29 is 9.53 Å². The first-order valence-electron chi connectivity index (χ1n) is 11.6. The van der Waals surface area contributed by atoms with Crippen LogP contribution in [0.5, 0.6) is 5.75 Å². The molecule has 1 unspecified atom stereocenters. The maximum absolute atomic E-state index is 13.1. The number of aromatic nitrogens is 2. The zero-order valence-corrected chi connectivity index (χ0v) is 20.7. The largest absolute Gasteiger partial charge is 0.497 e. The Morgan fingerprint density at radius 1 is 1.12 bits per heavy atom. The highest BCUT2D eigenvalue weighted by molar-refractivity contribution is 7.99. The third-order valence-electron chi connectivity index (χ3n) is 5.54. The monoisotopic (exact) mass is 453 g/mol. The van der Waals surface area contributed by atoms with Gasteiger partial charge in [-0.1, -0.05) is 34.1 Å². The zero-order valence-electron chi connectivity index (χ0n) is 19.9. The summed E-state index contributed by atoms with van der Waals surface area (Å²) in [4.78, 5) is 19.3. The van der Waals surface area contributed by atoms with Crippen LogP contribution in [0.25, 0.3) is 11.0 Å². The summed E-state index contributed by atoms with van der Waals surface area (Å²) in [6, 6.07) is 13.6. The van der Waals surface area contributed by atoms with Crippen LogP contribution in [0.3, 0.4) is 0 Å². The van der Waals surface area contributed by atoms with Gasteiger partial charge in [0, 0.05) is 17.0 Å². The molecule has 32 heavy (non-hydrogen) atoms. The molecule has 0 fully saturated rings. The first-order chi connectivity index (χ1) is 15.5. The summed E-state index contributed by atoms with van der Waals surface area (Å²) in [7, 11) is 1.62. The second-order valence-corrected chi connectivity index (χ2v) is 9.57. The molecule has 6 heteroatoms.